The first kappa shape index (κ1) is 35.1. The molecule has 0 aliphatic carbocycles. The van der Waals surface area contributed by atoms with Gasteiger partial charge in [-0.1, -0.05) is 78.9 Å². The summed E-state index contributed by atoms with van der Waals surface area (Å²) < 4.78 is 5.73. The maximum atomic E-state index is 12.7. The molecule has 11 heteroatoms. The number of nitrogens with one attached hydrogen (secondary N) is 4. The second-order valence-corrected chi connectivity index (χ2v) is 12.0. The van der Waals surface area contributed by atoms with Crippen LogP contribution in [-0.4, -0.2) is 65.8 Å². The Kier molecular flexibility index (Phi) is 12.7. The van der Waals surface area contributed by atoms with Crippen LogP contribution in [-0.2, 0) is 27.4 Å². The van der Waals surface area contributed by atoms with Crippen LogP contribution in [0.4, 0.5) is 16.2 Å². The fourth-order valence-corrected chi connectivity index (χ4v) is 5.74. The molecule has 49 heavy (non-hydrogen) atoms. The van der Waals surface area contributed by atoms with Crippen LogP contribution in [0.5, 0.6) is 5.75 Å². The van der Waals surface area contributed by atoms with Gasteiger partial charge >= 0.3 is 6.09 Å². The number of piperidine rings is 1. The fourth-order valence-electron chi connectivity index (χ4n) is 5.74. The van der Waals surface area contributed by atoms with E-state index in [-0.39, 0.29) is 30.0 Å². The second-order valence-electron chi connectivity index (χ2n) is 12.0. The number of nitrogens with zero attached hydrogens (tertiary/aromatic N) is 1. The highest BCUT2D eigenvalue weighted by Gasteiger charge is 2.23. The van der Waals surface area contributed by atoms with Gasteiger partial charge in [-0.25, -0.2) is 4.79 Å². The number of ether oxygens (including phenoxy) is 1. The van der Waals surface area contributed by atoms with Crippen LogP contribution in [0.3, 0.4) is 0 Å². The summed E-state index contributed by atoms with van der Waals surface area (Å²) in [7, 11) is 0. The summed E-state index contributed by atoms with van der Waals surface area (Å²) in [6, 6.07) is 30.0. The van der Waals surface area contributed by atoms with Gasteiger partial charge in [-0.3, -0.25) is 14.9 Å². The van der Waals surface area contributed by atoms with E-state index in [2.05, 4.69) is 26.2 Å². The van der Waals surface area contributed by atoms with Crippen molar-refractivity contribution in [3.05, 3.63) is 114 Å². The van der Waals surface area contributed by atoms with Crippen molar-refractivity contribution in [1.29, 1.82) is 0 Å². The predicted molar refractivity (Wildman–Crippen MR) is 189 cm³/mol. The molecule has 1 unspecified atom stereocenters. The minimum Gasteiger partial charge on any atom is -0.506 e. The quantitative estimate of drug-likeness (QED) is 0.0752. The van der Waals surface area contributed by atoms with E-state index < -0.39 is 12.2 Å². The van der Waals surface area contributed by atoms with Gasteiger partial charge in [0.1, 0.15) is 11.9 Å². The number of aliphatic hydroxyl groups excluding tert-OH is 1. The highest BCUT2D eigenvalue weighted by atomic mass is 16.6. The lowest BCUT2D eigenvalue weighted by Crippen LogP contribution is -2.40. The molecule has 1 atom stereocenters. The maximum absolute atomic E-state index is 12.7. The van der Waals surface area contributed by atoms with Crippen LogP contribution in [0.15, 0.2) is 97.1 Å². The Labute approximate surface area is 286 Å². The fraction of sp³-hybridized carbons (Fsp3) is 0.289. The lowest BCUT2D eigenvalue weighted by Gasteiger charge is -2.31. The van der Waals surface area contributed by atoms with Gasteiger partial charge in [0, 0.05) is 51.3 Å². The number of carbonyl (C=O) groups excluding carboxylic acids is 3. The average molecular weight is 666 g/mol. The summed E-state index contributed by atoms with van der Waals surface area (Å²) in [5, 5.41) is 31.8. The first-order valence-corrected chi connectivity index (χ1v) is 16.5. The summed E-state index contributed by atoms with van der Waals surface area (Å²) in [6.07, 6.45) is 0.843. The van der Waals surface area contributed by atoms with Crippen LogP contribution in [0.2, 0.25) is 0 Å². The molecule has 1 aliphatic heterocycles. The van der Waals surface area contributed by atoms with Crippen molar-refractivity contribution in [1.82, 2.24) is 15.5 Å². The molecule has 1 fully saturated rings. The van der Waals surface area contributed by atoms with Crippen molar-refractivity contribution in [2.24, 2.45) is 0 Å². The number of likely N-dealkylation sites (tertiary alicyclic amines) is 1. The molecule has 6 N–H and O–H groups in total. The Morgan fingerprint density at radius 2 is 1.57 bits per heavy atom. The molecule has 0 spiro atoms. The van der Waals surface area contributed by atoms with Crippen molar-refractivity contribution >= 4 is 29.8 Å². The van der Waals surface area contributed by atoms with Crippen molar-refractivity contribution < 1.29 is 29.3 Å². The van der Waals surface area contributed by atoms with Crippen LogP contribution in [0, 0.1) is 0 Å². The number of anilines is 2. The van der Waals surface area contributed by atoms with Gasteiger partial charge in [0.25, 0.3) is 0 Å². The molecule has 0 saturated carbocycles. The number of phenols is 1. The molecule has 3 amide bonds. The normalized spacial score (nSPS) is 14.1. The minimum absolute atomic E-state index is 0.0182. The van der Waals surface area contributed by atoms with E-state index in [1.807, 2.05) is 78.9 Å². The summed E-state index contributed by atoms with van der Waals surface area (Å²) in [5.74, 6) is -0.0878. The molecule has 256 valence electrons. The molecule has 1 saturated heterocycles. The number of aromatic hydroxyl groups is 1. The number of rotatable bonds is 15. The molecule has 4 aromatic carbocycles. The summed E-state index contributed by atoms with van der Waals surface area (Å²) >= 11 is 0. The molecule has 5 rings (SSSR count). The zero-order valence-corrected chi connectivity index (χ0v) is 27.3. The SMILES string of the molecule is O=CNc1cc(C(O)CNCc2ccc(CNC(=O)CCN3CCC(OC(=O)Nc4ccccc4-c4ccccc4)CC3)cc2)ccc1O. The summed E-state index contributed by atoms with van der Waals surface area (Å²) in [6.45, 7) is 3.41. The van der Waals surface area contributed by atoms with Crippen molar-refractivity contribution in [2.75, 3.05) is 36.8 Å². The number of benzene rings is 4. The highest BCUT2D eigenvalue weighted by molar-refractivity contribution is 5.91. The number of carbonyl (C=O) groups is 3. The van der Waals surface area contributed by atoms with Gasteiger partial charge in [-0.15, -0.1) is 0 Å². The molecule has 0 aromatic heterocycles. The smallest absolute Gasteiger partial charge is 0.411 e. The maximum Gasteiger partial charge on any atom is 0.411 e. The number of hydrogen-bond acceptors (Lipinski definition) is 8. The number of phenolic OH excluding ortho intramolecular Hbond substituents is 1. The van der Waals surface area contributed by atoms with Crippen molar-refractivity contribution in [3.63, 3.8) is 0 Å². The number of aliphatic hydroxyl groups is 1. The van der Waals surface area contributed by atoms with Gasteiger partial charge in [-0.2, -0.15) is 0 Å². The lowest BCUT2D eigenvalue weighted by molar-refractivity contribution is -0.121. The Morgan fingerprint density at radius 1 is 0.878 bits per heavy atom. The van der Waals surface area contributed by atoms with Crippen LogP contribution < -0.4 is 21.3 Å². The van der Waals surface area contributed by atoms with Crippen molar-refractivity contribution in [2.45, 2.75) is 44.6 Å². The predicted octanol–water partition coefficient (Wildman–Crippen LogP) is 5.17. The van der Waals surface area contributed by atoms with Gasteiger partial charge in [-0.05, 0) is 53.3 Å². The van der Waals surface area contributed by atoms with E-state index in [0.29, 0.717) is 56.6 Å². The molecular formula is C38H43N5O6. The van der Waals surface area contributed by atoms with Gasteiger partial charge in [0.05, 0.1) is 17.5 Å². The van der Waals surface area contributed by atoms with Crippen LogP contribution in [0.1, 0.15) is 42.1 Å². The molecule has 0 bridgehead atoms. The number of hydrogen-bond donors (Lipinski definition) is 6. The largest absolute Gasteiger partial charge is 0.506 e. The van der Waals surface area contributed by atoms with Crippen molar-refractivity contribution in [3.8, 4) is 16.9 Å². The van der Waals surface area contributed by atoms with E-state index in [1.54, 1.807) is 6.07 Å². The third-order valence-corrected chi connectivity index (χ3v) is 8.51. The molecular weight excluding hydrogens is 622 g/mol. The molecule has 4 aromatic rings. The third-order valence-electron chi connectivity index (χ3n) is 8.51. The van der Waals surface area contributed by atoms with Crippen LogP contribution in [0.25, 0.3) is 11.1 Å². The van der Waals surface area contributed by atoms with Gasteiger partial charge < -0.3 is 35.8 Å². The first-order valence-electron chi connectivity index (χ1n) is 16.5. The van der Waals surface area contributed by atoms with E-state index in [0.717, 1.165) is 35.3 Å². The number of amides is 3. The Bertz CT molecular complexity index is 1680. The summed E-state index contributed by atoms with van der Waals surface area (Å²) in [5.41, 5.74) is 5.48. The van der Waals surface area contributed by atoms with Gasteiger partial charge in [0.15, 0.2) is 0 Å². The second kappa shape index (κ2) is 17.8. The topological polar surface area (TPSA) is 152 Å². The average Bonchev–Trinajstić information content (AvgIpc) is 3.12. The standard InChI is InChI=1S/C38H43N5O6/c44-26-41-34-22-30(14-15-35(34)45)36(46)25-39-23-27-10-12-28(13-11-27)24-40-37(47)18-21-43-19-16-31(17-20-43)49-38(48)42-33-9-5-4-8-32(33)29-6-2-1-3-7-29/h1-15,22,26,31,36,39,45-46H,16-21,23-25H2,(H,40,47)(H,41,44)(H,42,48). The minimum atomic E-state index is -0.817. The monoisotopic (exact) mass is 665 g/mol. The number of para-hydroxylation sites is 1. The molecule has 11 nitrogen and oxygen atoms in total. The lowest BCUT2D eigenvalue weighted by atomic mass is 10.0. The van der Waals surface area contributed by atoms with E-state index in [1.165, 1.54) is 12.1 Å². The zero-order chi connectivity index (χ0) is 34.4. The molecule has 0 radical (unpaired) electrons. The van der Waals surface area contributed by atoms with Crippen LogP contribution >= 0.6 is 0 Å². The Hall–Kier alpha value is -5.23. The first-order chi connectivity index (χ1) is 23.9. The summed E-state index contributed by atoms with van der Waals surface area (Å²) in [4.78, 5) is 38.2. The Balaban J connectivity index is 0.954. The third kappa shape index (κ3) is 10.6. The van der Waals surface area contributed by atoms with E-state index in [9.17, 15) is 24.6 Å². The van der Waals surface area contributed by atoms with Gasteiger partial charge in [0.2, 0.25) is 12.3 Å². The zero-order valence-electron chi connectivity index (χ0n) is 27.3. The highest BCUT2D eigenvalue weighted by Crippen LogP contribution is 2.28. The molecule has 1 aliphatic rings. The molecule has 1 heterocycles. The Morgan fingerprint density at radius 3 is 2.31 bits per heavy atom. The van der Waals surface area contributed by atoms with E-state index >= 15 is 0 Å². The van der Waals surface area contributed by atoms with E-state index in [4.69, 9.17) is 4.74 Å².